The number of amides is 2. The summed E-state index contributed by atoms with van der Waals surface area (Å²) >= 11 is 1.56. The molecule has 0 aliphatic rings. The summed E-state index contributed by atoms with van der Waals surface area (Å²) in [5.41, 5.74) is 1.73. The number of aromatic nitrogens is 3. The Morgan fingerprint density at radius 3 is 2.92 bits per heavy atom. The number of rotatable bonds is 6. The highest BCUT2D eigenvalue weighted by molar-refractivity contribution is 7.09. The number of benzene rings is 1. The third-order valence-corrected chi connectivity index (χ3v) is 4.74. The number of hydrogen-bond acceptors (Lipinski definition) is 5. The van der Waals surface area contributed by atoms with Crippen LogP contribution in [-0.2, 0) is 13.6 Å². The van der Waals surface area contributed by atoms with Gasteiger partial charge in [0.1, 0.15) is 17.6 Å². The highest BCUT2D eigenvalue weighted by Gasteiger charge is 2.21. The molecule has 1 aromatic carbocycles. The van der Waals surface area contributed by atoms with E-state index in [9.17, 15) is 4.79 Å². The van der Waals surface area contributed by atoms with Gasteiger partial charge in [-0.25, -0.2) is 14.8 Å². The fraction of sp³-hybridized carbons (Fsp3) is 0.278. The number of ether oxygens (including phenoxy) is 1. The molecule has 8 heteroatoms. The summed E-state index contributed by atoms with van der Waals surface area (Å²) in [6.07, 6.45) is 3.56. The number of methoxy groups -OCH3 is 1. The molecule has 1 unspecified atom stereocenters. The highest BCUT2D eigenvalue weighted by atomic mass is 32.1. The van der Waals surface area contributed by atoms with Crippen LogP contribution in [0.3, 0.4) is 0 Å². The van der Waals surface area contributed by atoms with E-state index in [1.54, 1.807) is 24.6 Å². The Bertz CT molecular complexity index is 889. The zero-order valence-electron chi connectivity index (χ0n) is 14.9. The van der Waals surface area contributed by atoms with E-state index in [1.807, 2.05) is 54.4 Å². The maximum absolute atomic E-state index is 12.5. The molecule has 1 atom stereocenters. The molecule has 2 N–H and O–H groups in total. The third-order valence-electron chi connectivity index (χ3n) is 3.92. The monoisotopic (exact) mass is 371 g/mol. The second-order valence-corrected chi connectivity index (χ2v) is 6.85. The average molecular weight is 371 g/mol. The van der Waals surface area contributed by atoms with Crippen LogP contribution in [0.2, 0.25) is 0 Å². The fourth-order valence-electron chi connectivity index (χ4n) is 2.62. The molecule has 0 aliphatic carbocycles. The molecular weight excluding hydrogens is 350 g/mol. The van der Waals surface area contributed by atoms with Crippen LogP contribution in [-0.4, -0.2) is 27.7 Å². The fourth-order valence-corrected chi connectivity index (χ4v) is 3.23. The summed E-state index contributed by atoms with van der Waals surface area (Å²) in [7, 11) is 3.51. The number of nitrogens with one attached hydrogen (secondary N) is 2. The van der Waals surface area contributed by atoms with Crippen molar-refractivity contribution in [3.63, 3.8) is 0 Å². The van der Waals surface area contributed by atoms with Gasteiger partial charge in [0.15, 0.2) is 0 Å². The lowest BCUT2D eigenvalue weighted by atomic mass is 10.1. The van der Waals surface area contributed by atoms with E-state index in [-0.39, 0.29) is 6.03 Å². The molecule has 0 spiro atoms. The Labute approximate surface area is 156 Å². The Morgan fingerprint density at radius 2 is 2.27 bits per heavy atom. The van der Waals surface area contributed by atoms with Crippen LogP contribution in [0.15, 0.2) is 42.0 Å². The number of carbonyl (C=O) groups excluding carboxylic acids is 1. The zero-order valence-corrected chi connectivity index (χ0v) is 15.7. The summed E-state index contributed by atoms with van der Waals surface area (Å²) in [6.45, 7) is 2.32. The Morgan fingerprint density at radius 1 is 1.42 bits per heavy atom. The van der Waals surface area contributed by atoms with Gasteiger partial charge in [-0.3, -0.25) is 0 Å². The predicted molar refractivity (Wildman–Crippen MR) is 100 cm³/mol. The number of thiazole rings is 1. The Hall–Kier alpha value is -2.87. The van der Waals surface area contributed by atoms with Gasteiger partial charge in [0.2, 0.25) is 0 Å². The molecule has 0 saturated heterocycles. The predicted octanol–water partition coefficient (Wildman–Crippen LogP) is 2.78. The molecule has 2 amide bonds. The van der Waals surface area contributed by atoms with Crippen LogP contribution in [0.5, 0.6) is 5.75 Å². The first-order valence-electron chi connectivity index (χ1n) is 8.13. The summed E-state index contributed by atoms with van der Waals surface area (Å²) in [5, 5.41) is 8.75. The number of hydrogen-bond donors (Lipinski definition) is 2. The number of urea groups is 1. The lowest BCUT2D eigenvalue weighted by molar-refractivity contribution is 0.237. The van der Waals surface area contributed by atoms with Crippen molar-refractivity contribution in [3.8, 4) is 5.75 Å². The maximum Gasteiger partial charge on any atom is 0.315 e. The third kappa shape index (κ3) is 4.20. The molecule has 0 radical (unpaired) electrons. The first-order valence-corrected chi connectivity index (χ1v) is 9.01. The van der Waals surface area contributed by atoms with Gasteiger partial charge in [-0.1, -0.05) is 12.1 Å². The molecule has 3 rings (SSSR count). The maximum atomic E-state index is 12.5. The summed E-state index contributed by atoms with van der Waals surface area (Å²) in [5.74, 6) is 1.46. The van der Waals surface area contributed by atoms with Crippen molar-refractivity contribution in [2.45, 2.75) is 19.5 Å². The molecule has 2 aromatic heterocycles. The van der Waals surface area contributed by atoms with Crippen molar-refractivity contribution in [2.75, 3.05) is 7.11 Å². The lowest BCUT2D eigenvalue weighted by Gasteiger charge is -2.20. The summed E-state index contributed by atoms with van der Waals surface area (Å²) in [4.78, 5) is 21.2. The van der Waals surface area contributed by atoms with Gasteiger partial charge in [0.25, 0.3) is 0 Å². The summed E-state index contributed by atoms with van der Waals surface area (Å²) in [6, 6.07) is 6.90. The molecular formula is C18H21N5O2S. The Balaban J connectivity index is 1.77. The van der Waals surface area contributed by atoms with E-state index in [2.05, 4.69) is 20.6 Å². The van der Waals surface area contributed by atoms with Gasteiger partial charge < -0.3 is 19.9 Å². The highest BCUT2D eigenvalue weighted by Crippen LogP contribution is 2.24. The van der Waals surface area contributed by atoms with Crippen LogP contribution in [0.1, 0.15) is 28.1 Å². The van der Waals surface area contributed by atoms with E-state index in [4.69, 9.17) is 4.74 Å². The van der Waals surface area contributed by atoms with Crippen molar-refractivity contribution in [3.05, 3.63) is 64.1 Å². The topological polar surface area (TPSA) is 81.1 Å². The molecule has 2 heterocycles. The zero-order chi connectivity index (χ0) is 18.5. The van der Waals surface area contributed by atoms with Crippen LogP contribution in [0.4, 0.5) is 4.79 Å². The van der Waals surface area contributed by atoms with Crippen molar-refractivity contribution >= 4 is 17.4 Å². The van der Waals surface area contributed by atoms with Gasteiger partial charge in [0, 0.05) is 24.8 Å². The second kappa shape index (κ2) is 8.01. The summed E-state index contributed by atoms with van der Waals surface area (Å²) < 4.78 is 7.19. The molecule has 26 heavy (non-hydrogen) atoms. The van der Waals surface area contributed by atoms with Gasteiger partial charge in [0.05, 0.1) is 24.4 Å². The molecule has 136 valence electrons. The van der Waals surface area contributed by atoms with Crippen molar-refractivity contribution in [2.24, 2.45) is 7.05 Å². The van der Waals surface area contributed by atoms with Gasteiger partial charge in [-0.2, -0.15) is 0 Å². The molecule has 0 bridgehead atoms. The van der Waals surface area contributed by atoms with Crippen molar-refractivity contribution in [1.82, 2.24) is 25.2 Å². The molecule has 0 fully saturated rings. The largest absolute Gasteiger partial charge is 0.497 e. The van der Waals surface area contributed by atoms with Crippen LogP contribution >= 0.6 is 11.3 Å². The quantitative estimate of drug-likeness (QED) is 0.698. The molecule has 3 aromatic rings. The van der Waals surface area contributed by atoms with E-state index in [0.717, 1.165) is 27.8 Å². The van der Waals surface area contributed by atoms with Crippen LogP contribution < -0.4 is 15.4 Å². The SMILES string of the molecule is COc1cccc(C(NC(=O)NCc2csc(C)n2)c2nccn2C)c1. The van der Waals surface area contributed by atoms with E-state index in [0.29, 0.717) is 6.54 Å². The van der Waals surface area contributed by atoms with E-state index >= 15 is 0 Å². The van der Waals surface area contributed by atoms with Crippen molar-refractivity contribution in [1.29, 1.82) is 0 Å². The number of aryl methyl sites for hydroxylation is 2. The first kappa shape index (κ1) is 17.9. The smallest absolute Gasteiger partial charge is 0.315 e. The number of nitrogens with zero attached hydrogens (tertiary/aromatic N) is 3. The van der Waals surface area contributed by atoms with Gasteiger partial charge in [-0.05, 0) is 24.6 Å². The molecule has 7 nitrogen and oxygen atoms in total. The Kier molecular flexibility index (Phi) is 5.52. The molecule has 0 saturated carbocycles. The minimum absolute atomic E-state index is 0.286. The van der Waals surface area contributed by atoms with Crippen LogP contribution in [0.25, 0.3) is 0 Å². The normalized spacial score (nSPS) is 11.8. The lowest BCUT2D eigenvalue weighted by Crippen LogP contribution is -2.39. The van der Waals surface area contributed by atoms with Crippen molar-refractivity contribution < 1.29 is 9.53 Å². The minimum Gasteiger partial charge on any atom is -0.497 e. The van der Waals surface area contributed by atoms with Crippen LogP contribution in [0, 0.1) is 6.92 Å². The van der Waals surface area contributed by atoms with E-state index in [1.165, 1.54) is 0 Å². The average Bonchev–Trinajstić information content (AvgIpc) is 3.26. The van der Waals surface area contributed by atoms with Gasteiger partial charge in [-0.15, -0.1) is 11.3 Å². The number of imidazole rings is 1. The standard InChI is InChI=1S/C18H21N5O2S/c1-12-21-14(11-26-12)10-20-18(24)22-16(17-19-7-8-23(17)2)13-5-4-6-15(9-13)25-3/h4-9,11,16H,10H2,1-3H3,(H2,20,22,24). The van der Waals surface area contributed by atoms with Gasteiger partial charge >= 0.3 is 6.03 Å². The first-order chi connectivity index (χ1) is 12.6. The molecule has 0 aliphatic heterocycles. The number of carbonyl (C=O) groups is 1. The van der Waals surface area contributed by atoms with E-state index < -0.39 is 6.04 Å². The minimum atomic E-state index is -0.401. The second-order valence-electron chi connectivity index (χ2n) is 5.79.